The Hall–Kier alpha value is -1.20. The smallest absolute Gasteiger partial charge is 0.112 e. The number of fused-ring (bicyclic) bond motifs is 1. The van der Waals surface area contributed by atoms with Gasteiger partial charge in [0.05, 0.1) is 17.8 Å². The van der Waals surface area contributed by atoms with E-state index in [1.807, 2.05) is 12.1 Å². The van der Waals surface area contributed by atoms with Gasteiger partial charge in [0.2, 0.25) is 0 Å². The number of pyridine rings is 2. The third kappa shape index (κ3) is 2.97. The second kappa shape index (κ2) is 6.11. The van der Waals surface area contributed by atoms with Gasteiger partial charge in [-0.05, 0) is 34.5 Å². The average Bonchev–Trinajstić information content (AvgIpc) is 2.38. The van der Waals surface area contributed by atoms with E-state index in [2.05, 4.69) is 38.1 Å². The van der Waals surface area contributed by atoms with Crippen LogP contribution in [0.1, 0.15) is 13.3 Å². The number of nitrogens with one attached hydrogen (secondary N) is 1. The fourth-order valence-corrected chi connectivity index (χ4v) is 2.12. The Bertz CT molecular complexity index is 533. The van der Waals surface area contributed by atoms with Crippen LogP contribution in [0, 0.1) is 0 Å². The summed E-state index contributed by atoms with van der Waals surface area (Å²) in [4.78, 5) is 8.73. The van der Waals surface area contributed by atoms with Crippen LogP contribution in [-0.4, -0.2) is 29.7 Å². The molecule has 0 fully saturated rings. The van der Waals surface area contributed by atoms with E-state index < -0.39 is 0 Å². The van der Waals surface area contributed by atoms with E-state index in [4.69, 9.17) is 4.74 Å². The highest BCUT2D eigenvalue weighted by Gasteiger charge is 2.09. The summed E-state index contributed by atoms with van der Waals surface area (Å²) in [6, 6.07) is 4.19. The summed E-state index contributed by atoms with van der Waals surface area (Å²) >= 11 is 3.40. The number of ether oxygens (including phenoxy) is 1. The van der Waals surface area contributed by atoms with Gasteiger partial charge in [0.15, 0.2) is 0 Å². The van der Waals surface area contributed by atoms with Crippen molar-refractivity contribution in [2.24, 2.45) is 0 Å². The molecule has 0 radical (unpaired) electrons. The molecule has 0 aromatic carbocycles. The summed E-state index contributed by atoms with van der Waals surface area (Å²) in [5, 5.41) is 3.45. The van der Waals surface area contributed by atoms with Gasteiger partial charge in [0, 0.05) is 30.0 Å². The molecule has 5 heteroatoms. The molecule has 1 atom stereocenters. The van der Waals surface area contributed by atoms with E-state index >= 15 is 0 Å². The first kappa shape index (κ1) is 13.2. The molecule has 0 spiro atoms. The van der Waals surface area contributed by atoms with Gasteiger partial charge in [-0.2, -0.15) is 0 Å². The first-order valence-corrected chi connectivity index (χ1v) is 6.69. The standard InChI is InChI=1S/C13H16BrN3O/c1-3-10(8-18-2)17-11-4-5-15-12-6-9(14)7-16-13(11)12/h4-7,10H,3,8H2,1-2H3,(H,15,17). The molecule has 2 rings (SSSR count). The van der Waals surface area contributed by atoms with Crippen LogP contribution in [0.3, 0.4) is 0 Å². The maximum atomic E-state index is 5.19. The van der Waals surface area contributed by atoms with Gasteiger partial charge in [0.25, 0.3) is 0 Å². The molecule has 0 aliphatic carbocycles. The summed E-state index contributed by atoms with van der Waals surface area (Å²) in [5.41, 5.74) is 2.76. The molecule has 18 heavy (non-hydrogen) atoms. The van der Waals surface area contributed by atoms with Crippen LogP contribution in [-0.2, 0) is 4.74 Å². The van der Waals surface area contributed by atoms with Gasteiger partial charge in [-0.1, -0.05) is 6.92 Å². The molecule has 2 aromatic rings. The minimum Gasteiger partial charge on any atom is -0.383 e. The average molecular weight is 310 g/mol. The van der Waals surface area contributed by atoms with Crippen molar-refractivity contribution in [3.05, 3.63) is 29.0 Å². The largest absolute Gasteiger partial charge is 0.383 e. The lowest BCUT2D eigenvalue weighted by Crippen LogP contribution is -2.24. The first-order chi connectivity index (χ1) is 8.74. The van der Waals surface area contributed by atoms with Crippen LogP contribution in [0.5, 0.6) is 0 Å². The van der Waals surface area contributed by atoms with E-state index in [9.17, 15) is 0 Å². The van der Waals surface area contributed by atoms with E-state index in [-0.39, 0.29) is 6.04 Å². The van der Waals surface area contributed by atoms with Crippen LogP contribution in [0.2, 0.25) is 0 Å². The van der Waals surface area contributed by atoms with Crippen molar-refractivity contribution in [1.29, 1.82) is 0 Å². The van der Waals surface area contributed by atoms with Gasteiger partial charge < -0.3 is 10.1 Å². The zero-order valence-electron chi connectivity index (χ0n) is 10.5. The van der Waals surface area contributed by atoms with Gasteiger partial charge in [0.1, 0.15) is 5.52 Å². The lowest BCUT2D eigenvalue weighted by Gasteiger charge is -2.18. The van der Waals surface area contributed by atoms with E-state index in [0.29, 0.717) is 6.61 Å². The van der Waals surface area contributed by atoms with Crippen LogP contribution in [0.15, 0.2) is 29.0 Å². The molecule has 0 amide bonds. The molecule has 1 unspecified atom stereocenters. The Morgan fingerprint density at radius 2 is 2.28 bits per heavy atom. The highest BCUT2D eigenvalue weighted by molar-refractivity contribution is 9.10. The Kier molecular flexibility index (Phi) is 4.49. The van der Waals surface area contributed by atoms with Crippen molar-refractivity contribution < 1.29 is 4.74 Å². The fraction of sp³-hybridized carbons (Fsp3) is 0.385. The highest BCUT2D eigenvalue weighted by Crippen LogP contribution is 2.22. The number of anilines is 1. The molecule has 96 valence electrons. The van der Waals surface area contributed by atoms with E-state index in [0.717, 1.165) is 27.6 Å². The monoisotopic (exact) mass is 309 g/mol. The van der Waals surface area contributed by atoms with Crippen molar-refractivity contribution >= 4 is 32.7 Å². The number of rotatable bonds is 5. The summed E-state index contributed by atoms with van der Waals surface area (Å²) < 4.78 is 6.13. The molecule has 0 aliphatic heterocycles. The van der Waals surface area contributed by atoms with Crippen LogP contribution in [0.4, 0.5) is 5.69 Å². The van der Waals surface area contributed by atoms with Crippen molar-refractivity contribution in [2.75, 3.05) is 19.0 Å². The first-order valence-electron chi connectivity index (χ1n) is 5.90. The zero-order valence-corrected chi connectivity index (χ0v) is 12.1. The lowest BCUT2D eigenvalue weighted by molar-refractivity contribution is 0.184. The summed E-state index contributed by atoms with van der Waals surface area (Å²) in [5.74, 6) is 0. The van der Waals surface area contributed by atoms with Gasteiger partial charge in [-0.3, -0.25) is 9.97 Å². The second-order valence-corrected chi connectivity index (χ2v) is 5.00. The van der Waals surface area contributed by atoms with Crippen LogP contribution in [0.25, 0.3) is 11.0 Å². The van der Waals surface area contributed by atoms with Crippen molar-refractivity contribution in [2.45, 2.75) is 19.4 Å². The number of methoxy groups -OCH3 is 1. The van der Waals surface area contributed by atoms with Crippen molar-refractivity contribution in [1.82, 2.24) is 9.97 Å². The molecule has 0 saturated heterocycles. The molecule has 4 nitrogen and oxygen atoms in total. The fourth-order valence-electron chi connectivity index (χ4n) is 1.80. The molecular formula is C13H16BrN3O. The molecular weight excluding hydrogens is 294 g/mol. The predicted octanol–water partition coefficient (Wildman–Crippen LogP) is 3.23. The Labute approximate surface area is 115 Å². The van der Waals surface area contributed by atoms with Gasteiger partial charge >= 0.3 is 0 Å². The van der Waals surface area contributed by atoms with Crippen molar-refractivity contribution in [3.8, 4) is 0 Å². The Morgan fingerprint density at radius 1 is 1.44 bits per heavy atom. The van der Waals surface area contributed by atoms with E-state index in [1.165, 1.54) is 0 Å². The second-order valence-electron chi connectivity index (χ2n) is 4.08. The van der Waals surface area contributed by atoms with Crippen LogP contribution < -0.4 is 5.32 Å². The Morgan fingerprint density at radius 3 is 3.00 bits per heavy atom. The number of hydrogen-bond donors (Lipinski definition) is 1. The molecule has 2 heterocycles. The minimum atomic E-state index is 0.283. The van der Waals surface area contributed by atoms with Crippen LogP contribution >= 0.6 is 15.9 Å². The summed E-state index contributed by atoms with van der Waals surface area (Å²) in [6.45, 7) is 2.81. The van der Waals surface area contributed by atoms with Gasteiger partial charge in [-0.15, -0.1) is 0 Å². The zero-order chi connectivity index (χ0) is 13.0. The normalized spacial score (nSPS) is 12.6. The number of nitrogens with zero attached hydrogens (tertiary/aromatic N) is 2. The highest BCUT2D eigenvalue weighted by atomic mass is 79.9. The maximum Gasteiger partial charge on any atom is 0.112 e. The third-order valence-corrected chi connectivity index (χ3v) is 3.20. The maximum absolute atomic E-state index is 5.19. The molecule has 0 saturated carbocycles. The topological polar surface area (TPSA) is 47.0 Å². The minimum absolute atomic E-state index is 0.283. The van der Waals surface area contributed by atoms with Gasteiger partial charge in [-0.25, -0.2) is 0 Å². The SMILES string of the molecule is CCC(COC)Nc1ccnc2cc(Br)cnc12. The molecule has 1 N–H and O–H groups in total. The quantitative estimate of drug-likeness (QED) is 0.921. The number of aromatic nitrogens is 2. The van der Waals surface area contributed by atoms with E-state index in [1.54, 1.807) is 19.5 Å². The third-order valence-electron chi connectivity index (χ3n) is 2.76. The predicted molar refractivity (Wildman–Crippen MR) is 76.8 cm³/mol. The number of hydrogen-bond acceptors (Lipinski definition) is 4. The van der Waals surface area contributed by atoms with Crippen molar-refractivity contribution in [3.63, 3.8) is 0 Å². The summed E-state index contributed by atoms with van der Waals surface area (Å²) in [7, 11) is 1.71. The number of halogens is 1. The summed E-state index contributed by atoms with van der Waals surface area (Å²) in [6.07, 6.45) is 4.57. The molecule has 0 aliphatic rings. The molecule has 0 bridgehead atoms. The molecule has 2 aromatic heterocycles. The lowest BCUT2D eigenvalue weighted by atomic mass is 10.2. The Balaban J connectivity index is 2.32.